The molecular weight excluding hydrogens is 295 g/mol. The zero-order chi connectivity index (χ0) is 14.6. The van der Waals surface area contributed by atoms with Crippen LogP contribution in [0.3, 0.4) is 0 Å². The summed E-state index contributed by atoms with van der Waals surface area (Å²) in [5.41, 5.74) is 0.415. The Morgan fingerprint density at radius 3 is 2.35 bits per heavy atom. The van der Waals surface area contributed by atoms with Crippen LogP contribution >= 0.6 is 23.2 Å². The van der Waals surface area contributed by atoms with E-state index in [9.17, 15) is 4.79 Å². The fourth-order valence-electron chi connectivity index (χ4n) is 2.85. The van der Waals surface area contributed by atoms with Gasteiger partial charge in [0.05, 0.1) is 15.7 Å². The maximum absolute atomic E-state index is 12.3. The van der Waals surface area contributed by atoms with Crippen LogP contribution in [0.1, 0.15) is 38.5 Å². The van der Waals surface area contributed by atoms with Gasteiger partial charge in [-0.05, 0) is 32.0 Å². The number of rotatable bonds is 4. The van der Waals surface area contributed by atoms with Gasteiger partial charge in [-0.1, -0.05) is 48.5 Å². The summed E-state index contributed by atoms with van der Waals surface area (Å²) in [4.78, 5) is 12.3. The normalized spacial score (nSPS) is 17.8. The monoisotopic (exact) mass is 314 g/mol. The quantitative estimate of drug-likeness (QED) is 0.872. The van der Waals surface area contributed by atoms with Crippen LogP contribution in [0.2, 0.25) is 10.0 Å². The third-order valence-electron chi connectivity index (χ3n) is 4.07. The molecule has 2 N–H and O–H groups in total. The maximum Gasteiger partial charge on any atom is 0.226 e. The van der Waals surface area contributed by atoms with Gasteiger partial charge in [0, 0.05) is 12.0 Å². The average molecular weight is 315 g/mol. The van der Waals surface area contributed by atoms with Crippen LogP contribution in [-0.2, 0) is 4.79 Å². The molecule has 0 aliphatic heterocycles. The molecule has 0 unspecified atom stereocenters. The average Bonchev–Trinajstić information content (AvgIpc) is 2.44. The van der Waals surface area contributed by atoms with Gasteiger partial charge < -0.3 is 10.6 Å². The Morgan fingerprint density at radius 1 is 1.20 bits per heavy atom. The van der Waals surface area contributed by atoms with E-state index in [4.69, 9.17) is 23.2 Å². The Kier molecular flexibility index (Phi) is 5.30. The smallest absolute Gasteiger partial charge is 0.226 e. The number of nitrogens with one attached hydrogen (secondary N) is 2. The number of hydrogen-bond acceptors (Lipinski definition) is 2. The van der Waals surface area contributed by atoms with Crippen LogP contribution in [0, 0.1) is 0 Å². The van der Waals surface area contributed by atoms with Crippen molar-refractivity contribution in [2.45, 2.75) is 44.1 Å². The van der Waals surface area contributed by atoms with Gasteiger partial charge in [-0.25, -0.2) is 0 Å². The van der Waals surface area contributed by atoms with Crippen molar-refractivity contribution < 1.29 is 4.79 Å². The van der Waals surface area contributed by atoms with Gasteiger partial charge in [0.2, 0.25) is 5.91 Å². The second-order valence-electron chi connectivity index (χ2n) is 5.41. The lowest BCUT2D eigenvalue weighted by atomic mass is 9.79. The maximum atomic E-state index is 12.3. The minimum Gasteiger partial charge on any atom is -0.323 e. The van der Waals surface area contributed by atoms with Crippen molar-refractivity contribution in [1.82, 2.24) is 5.32 Å². The highest BCUT2D eigenvalue weighted by Gasteiger charge is 2.32. The molecule has 3 nitrogen and oxygen atoms in total. The summed E-state index contributed by atoms with van der Waals surface area (Å²) in [6.45, 7) is 0. The molecule has 1 aliphatic rings. The summed E-state index contributed by atoms with van der Waals surface area (Å²) in [6.07, 6.45) is 6.11. The Hall–Kier alpha value is -0.770. The molecule has 0 saturated heterocycles. The molecule has 1 aliphatic carbocycles. The van der Waals surface area contributed by atoms with Gasteiger partial charge in [-0.2, -0.15) is 0 Å². The molecule has 1 aromatic carbocycles. The fourth-order valence-corrected chi connectivity index (χ4v) is 3.34. The van der Waals surface area contributed by atoms with Crippen molar-refractivity contribution in [3.63, 3.8) is 0 Å². The SMILES string of the molecule is CNC1(CC(=O)Nc2c(Cl)cccc2Cl)CCCCC1. The van der Waals surface area contributed by atoms with Crippen LogP contribution in [0.25, 0.3) is 0 Å². The van der Waals surface area contributed by atoms with E-state index in [1.807, 2.05) is 7.05 Å². The first-order valence-electron chi connectivity index (χ1n) is 6.99. The lowest BCUT2D eigenvalue weighted by molar-refractivity contribution is -0.117. The predicted molar refractivity (Wildman–Crippen MR) is 84.6 cm³/mol. The van der Waals surface area contributed by atoms with Gasteiger partial charge in [-0.15, -0.1) is 0 Å². The number of halogens is 2. The van der Waals surface area contributed by atoms with E-state index in [1.165, 1.54) is 19.3 Å². The Labute approximate surface area is 130 Å². The van der Waals surface area contributed by atoms with Crippen LogP contribution in [-0.4, -0.2) is 18.5 Å². The van der Waals surface area contributed by atoms with Crippen molar-refractivity contribution in [3.8, 4) is 0 Å². The minimum atomic E-state index is -0.0872. The summed E-state index contributed by atoms with van der Waals surface area (Å²) >= 11 is 12.1. The van der Waals surface area contributed by atoms with Crippen LogP contribution in [0.4, 0.5) is 5.69 Å². The highest BCUT2D eigenvalue weighted by molar-refractivity contribution is 6.39. The summed E-state index contributed by atoms with van der Waals surface area (Å²) in [5.74, 6) is -0.0451. The fraction of sp³-hybridized carbons (Fsp3) is 0.533. The second kappa shape index (κ2) is 6.79. The molecule has 0 bridgehead atoms. The number of hydrogen-bond donors (Lipinski definition) is 2. The molecule has 20 heavy (non-hydrogen) atoms. The van der Waals surface area contributed by atoms with Crippen LogP contribution < -0.4 is 10.6 Å². The molecule has 0 atom stereocenters. The third-order valence-corrected chi connectivity index (χ3v) is 4.70. The van der Waals surface area contributed by atoms with Gasteiger partial charge in [0.25, 0.3) is 0 Å². The van der Waals surface area contributed by atoms with Crippen LogP contribution in [0.5, 0.6) is 0 Å². The molecule has 5 heteroatoms. The number of carbonyl (C=O) groups excluding carboxylic acids is 1. The van der Waals surface area contributed by atoms with Gasteiger partial charge in [0.15, 0.2) is 0 Å². The zero-order valence-electron chi connectivity index (χ0n) is 11.6. The number of anilines is 1. The number of amides is 1. The van der Waals surface area contributed by atoms with Crippen molar-refractivity contribution in [2.24, 2.45) is 0 Å². The second-order valence-corrected chi connectivity index (χ2v) is 6.23. The van der Waals surface area contributed by atoms with E-state index in [0.717, 1.165) is 12.8 Å². The van der Waals surface area contributed by atoms with Crippen molar-refractivity contribution in [1.29, 1.82) is 0 Å². The lowest BCUT2D eigenvalue weighted by Crippen LogP contribution is -2.47. The summed E-state index contributed by atoms with van der Waals surface area (Å²) in [5, 5.41) is 7.11. The molecule has 2 rings (SSSR count). The lowest BCUT2D eigenvalue weighted by Gasteiger charge is -2.36. The van der Waals surface area contributed by atoms with E-state index >= 15 is 0 Å². The van der Waals surface area contributed by atoms with E-state index in [1.54, 1.807) is 18.2 Å². The number of para-hydroxylation sites is 1. The molecule has 1 fully saturated rings. The Bertz CT molecular complexity index is 465. The zero-order valence-corrected chi connectivity index (χ0v) is 13.2. The van der Waals surface area contributed by atoms with Crippen molar-refractivity contribution >= 4 is 34.8 Å². The van der Waals surface area contributed by atoms with Gasteiger partial charge in [0.1, 0.15) is 0 Å². The standard InChI is InChI=1S/C15H20Cl2N2O/c1-18-15(8-3-2-4-9-15)10-13(20)19-14-11(16)6-5-7-12(14)17/h5-7,18H,2-4,8-10H2,1H3,(H,19,20). The molecule has 0 aromatic heterocycles. The Morgan fingerprint density at radius 2 is 1.80 bits per heavy atom. The molecule has 0 radical (unpaired) electrons. The van der Waals surface area contributed by atoms with Gasteiger partial charge >= 0.3 is 0 Å². The first kappa shape index (κ1) is 15.6. The summed E-state index contributed by atoms with van der Waals surface area (Å²) in [7, 11) is 1.93. The third kappa shape index (κ3) is 3.66. The van der Waals surface area contributed by atoms with E-state index in [0.29, 0.717) is 22.2 Å². The molecule has 1 aromatic rings. The first-order valence-corrected chi connectivity index (χ1v) is 7.75. The largest absolute Gasteiger partial charge is 0.323 e. The number of benzene rings is 1. The minimum absolute atomic E-state index is 0.0451. The molecule has 1 amide bonds. The predicted octanol–water partition coefficient (Wildman–Crippen LogP) is 4.24. The molecule has 1 saturated carbocycles. The topological polar surface area (TPSA) is 41.1 Å². The highest BCUT2D eigenvalue weighted by Crippen LogP contribution is 2.33. The Balaban J connectivity index is 2.05. The molecule has 0 heterocycles. The highest BCUT2D eigenvalue weighted by atomic mass is 35.5. The van der Waals surface area contributed by atoms with Crippen molar-refractivity contribution in [3.05, 3.63) is 28.2 Å². The number of carbonyl (C=O) groups is 1. The molecule has 110 valence electrons. The van der Waals surface area contributed by atoms with Crippen molar-refractivity contribution in [2.75, 3.05) is 12.4 Å². The van der Waals surface area contributed by atoms with E-state index in [-0.39, 0.29) is 11.4 Å². The van der Waals surface area contributed by atoms with E-state index < -0.39 is 0 Å². The van der Waals surface area contributed by atoms with E-state index in [2.05, 4.69) is 10.6 Å². The van der Waals surface area contributed by atoms with Crippen LogP contribution in [0.15, 0.2) is 18.2 Å². The summed E-state index contributed by atoms with van der Waals surface area (Å²) < 4.78 is 0. The first-order chi connectivity index (χ1) is 9.56. The summed E-state index contributed by atoms with van der Waals surface area (Å²) in [6, 6.07) is 5.20. The molecule has 0 spiro atoms. The molecular formula is C15H20Cl2N2O. The van der Waals surface area contributed by atoms with Gasteiger partial charge in [-0.3, -0.25) is 4.79 Å².